The van der Waals surface area contributed by atoms with Crippen LogP contribution in [0.4, 0.5) is 0 Å². The molecule has 0 fully saturated rings. The number of nitrogens with two attached hydrogens (primary N) is 1. The molecule has 0 rings (SSSR count). The third-order valence-corrected chi connectivity index (χ3v) is 2.68. The first kappa shape index (κ1) is 16.0. The van der Waals surface area contributed by atoms with Crippen molar-refractivity contribution in [2.24, 2.45) is 11.7 Å². The van der Waals surface area contributed by atoms with Crippen LogP contribution in [0.25, 0.3) is 0 Å². The Labute approximate surface area is 106 Å². The van der Waals surface area contributed by atoms with E-state index in [4.69, 9.17) is 12.2 Å². The van der Waals surface area contributed by atoms with Crippen LogP contribution < -0.4 is 11.1 Å². The van der Waals surface area contributed by atoms with Crippen LogP contribution >= 0.6 is 0 Å². The van der Waals surface area contributed by atoms with E-state index in [0.29, 0.717) is 13.0 Å². The molecule has 17 heavy (non-hydrogen) atoms. The van der Waals surface area contributed by atoms with Gasteiger partial charge in [-0.1, -0.05) is 39.5 Å². The van der Waals surface area contributed by atoms with E-state index in [9.17, 15) is 4.79 Å². The highest BCUT2D eigenvalue weighted by Gasteiger charge is 2.10. The largest absolute Gasteiger partial charge is 0.355 e. The summed E-state index contributed by atoms with van der Waals surface area (Å²) in [6.07, 6.45) is 11.4. The topological polar surface area (TPSA) is 55.1 Å². The van der Waals surface area contributed by atoms with Crippen molar-refractivity contribution in [3.05, 3.63) is 0 Å². The van der Waals surface area contributed by atoms with Gasteiger partial charge in [-0.25, -0.2) is 0 Å². The maximum Gasteiger partial charge on any atom is 0.237 e. The van der Waals surface area contributed by atoms with E-state index in [-0.39, 0.29) is 5.91 Å². The van der Waals surface area contributed by atoms with Gasteiger partial charge in [0.15, 0.2) is 0 Å². The van der Waals surface area contributed by atoms with Crippen LogP contribution in [0.2, 0.25) is 0 Å². The van der Waals surface area contributed by atoms with Crippen LogP contribution in [0.5, 0.6) is 0 Å². The quantitative estimate of drug-likeness (QED) is 0.477. The number of carbonyl (C=O) groups excluding carboxylic acids is 1. The van der Waals surface area contributed by atoms with Crippen LogP contribution in [-0.2, 0) is 4.79 Å². The van der Waals surface area contributed by atoms with E-state index in [1.807, 2.05) is 0 Å². The SMILES string of the molecule is C#CCC(N)C(=O)NCCCCCCC(C)C. The first-order valence-corrected chi connectivity index (χ1v) is 6.54. The van der Waals surface area contributed by atoms with Gasteiger partial charge in [0.25, 0.3) is 0 Å². The second-order valence-corrected chi connectivity index (χ2v) is 4.90. The highest BCUT2D eigenvalue weighted by atomic mass is 16.2. The van der Waals surface area contributed by atoms with Crippen LogP contribution in [0, 0.1) is 18.3 Å². The summed E-state index contributed by atoms with van der Waals surface area (Å²) in [5.74, 6) is 3.05. The number of hydrogen-bond donors (Lipinski definition) is 2. The van der Waals surface area contributed by atoms with E-state index in [0.717, 1.165) is 18.8 Å². The van der Waals surface area contributed by atoms with E-state index < -0.39 is 6.04 Å². The molecule has 0 aliphatic carbocycles. The summed E-state index contributed by atoms with van der Waals surface area (Å²) in [6.45, 7) is 5.19. The third-order valence-electron chi connectivity index (χ3n) is 2.68. The molecule has 0 radical (unpaired) electrons. The third kappa shape index (κ3) is 9.89. The second-order valence-electron chi connectivity index (χ2n) is 4.90. The Bertz CT molecular complexity index is 243. The minimum absolute atomic E-state index is 0.134. The zero-order valence-electron chi connectivity index (χ0n) is 11.2. The van der Waals surface area contributed by atoms with Gasteiger partial charge in [-0.2, -0.15) is 0 Å². The molecule has 3 nitrogen and oxygen atoms in total. The van der Waals surface area contributed by atoms with E-state index in [2.05, 4.69) is 25.1 Å². The normalized spacial score (nSPS) is 12.2. The summed E-state index contributed by atoms with van der Waals surface area (Å²) in [5, 5.41) is 2.81. The Kier molecular flexibility index (Phi) is 9.56. The number of carbonyl (C=O) groups is 1. The highest BCUT2D eigenvalue weighted by Crippen LogP contribution is 2.08. The Balaban J connectivity index is 3.34. The number of hydrogen-bond acceptors (Lipinski definition) is 2. The molecule has 0 aromatic rings. The Morgan fingerprint density at radius 2 is 1.94 bits per heavy atom. The zero-order chi connectivity index (χ0) is 13.1. The molecule has 0 saturated heterocycles. The predicted molar refractivity (Wildman–Crippen MR) is 72.4 cm³/mol. The molecule has 1 unspecified atom stereocenters. The highest BCUT2D eigenvalue weighted by molar-refractivity contribution is 5.81. The minimum atomic E-state index is -0.555. The molecule has 0 aliphatic heterocycles. The van der Waals surface area contributed by atoms with Crippen LogP contribution in [0.3, 0.4) is 0 Å². The number of amides is 1. The van der Waals surface area contributed by atoms with Gasteiger partial charge >= 0.3 is 0 Å². The molecule has 0 heterocycles. The van der Waals surface area contributed by atoms with Gasteiger partial charge in [-0.05, 0) is 12.3 Å². The summed E-state index contributed by atoms with van der Waals surface area (Å²) in [7, 11) is 0. The molecule has 3 heteroatoms. The molecule has 0 aliphatic rings. The lowest BCUT2D eigenvalue weighted by Gasteiger charge is -2.09. The molecule has 3 N–H and O–H groups in total. The van der Waals surface area contributed by atoms with Gasteiger partial charge in [0.05, 0.1) is 6.04 Å². The van der Waals surface area contributed by atoms with Crippen molar-refractivity contribution in [3.8, 4) is 12.3 Å². The van der Waals surface area contributed by atoms with Crippen LogP contribution in [-0.4, -0.2) is 18.5 Å². The molecule has 0 saturated carbocycles. The molecule has 1 amide bonds. The lowest BCUT2D eigenvalue weighted by Crippen LogP contribution is -2.40. The second kappa shape index (κ2) is 10.2. The minimum Gasteiger partial charge on any atom is -0.355 e. The molecular weight excluding hydrogens is 212 g/mol. The van der Waals surface area contributed by atoms with Crippen molar-refractivity contribution in [1.29, 1.82) is 0 Å². The first-order valence-electron chi connectivity index (χ1n) is 6.54. The van der Waals surface area contributed by atoms with Crippen LogP contribution in [0.1, 0.15) is 52.4 Å². The molecule has 0 aromatic carbocycles. The fourth-order valence-corrected chi connectivity index (χ4v) is 1.59. The summed E-state index contributed by atoms with van der Waals surface area (Å²) in [4.78, 5) is 11.4. The summed E-state index contributed by atoms with van der Waals surface area (Å²) in [5.41, 5.74) is 5.57. The average Bonchev–Trinajstić information content (AvgIpc) is 2.27. The fourth-order valence-electron chi connectivity index (χ4n) is 1.59. The summed E-state index contributed by atoms with van der Waals surface area (Å²) in [6, 6.07) is -0.555. The smallest absolute Gasteiger partial charge is 0.237 e. The lowest BCUT2D eigenvalue weighted by molar-refractivity contribution is -0.122. The molecule has 0 spiro atoms. The standard InChI is InChI=1S/C14H26N2O/c1-4-9-13(15)14(17)16-11-8-6-5-7-10-12(2)3/h1,12-13H,5-11,15H2,2-3H3,(H,16,17). The number of nitrogens with one attached hydrogen (secondary N) is 1. The van der Waals surface area contributed by atoms with E-state index in [1.165, 1.54) is 19.3 Å². The number of unbranched alkanes of at least 4 members (excludes halogenated alkanes) is 3. The van der Waals surface area contributed by atoms with Gasteiger partial charge in [0.1, 0.15) is 0 Å². The van der Waals surface area contributed by atoms with Crippen molar-refractivity contribution >= 4 is 5.91 Å². The summed E-state index contributed by atoms with van der Waals surface area (Å²) < 4.78 is 0. The van der Waals surface area contributed by atoms with Gasteiger partial charge in [0.2, 0.25) is 5.91 Å². The maximum atomic E-state index is 11.4. The summed E-state index contributed by atoms with van der Waals surface area (Å²) >= 11 is 0. The monoisotopic (exact) mass is 238 g/mol. The zero-order valence-corrected chi connectivity index (χ0v) is 11.2. The van der Waals surface area contributed by atoms with Gasteiger partial charge in [-0.3, -0.25) is 4.79 Å². The van der Waals surface area contributed by atoms with Crippen molar-refractivity contribution < 1.29 is 4.79 Å². The van der Waals surface area contributed by atoms with Gasteiger partial charge in [-0.15, -0.1) is 12.3 Å². The number of terminal acetylenes is 1. The van der Waals surface area contributed by atoms with Gasteiger partial charge in [0, 0.05) is 13.0 Å². The maximum absolute atomic E-state index is 11.4. The number of rotatable bonds is 9. The van der Waals surface area contributed by atoms with Gasteiger partial charge < -0.3 is 11.1 Å². The van der Waals surface area contributed by atoms with E-state index >= 15 is 0 Å². The molecule has 0 bridgehead atoms. The molecule has 1 atom stereocenters. The van der Waals surface area contributed by atoms with Crippen molar-refractivity contribution in [2.45, 2.75) is 58.4 Å². The Morgan fingerprint density at radius 1 is 1.29 bits per heavy atom. The van der Waals surface area contributed by atoms with Crippen molar-refractivity contribution in [2.75, 3.05) is 6.54 Å². The Morgan fingerprint density at radius 3 is 2.53 bits per heavy atom. The average molecular weight is 238 g/mol. The fraction of sp³-hybridized carbons (Fsp3) is 0.786. The first-order chi connectivity index (χ1) is 8.07. The molecule has 98 valence electrons. The molecule has 0 aromatic heterocycles. The predicted octanol–water partition coefficient (Wildman–Crippen LogP) is 2.06. The molecular formula is C14H26N2O. The van der Waals surface area contributed by atoms with Crippen molar-refractivity contribution in [3.63, 3.8) is 0 Å². The van der Waals surface area contributed by atoms with E-state index in [1.54, 1.807) is 0 Å². The lowest BCUT2D eigenvalue weighted by atomic mass is 10.0. The Hall–Kier alpha value is -1.01. The van der Waals surface area contributed by atoms with Crippen molar-refractivity contribution in [1.82, 2.24) is 5.32 Å². The van der Waals surface area contributed by atoms with Crippen LogP contribution in [0.15, 0.2) is 0 Å².